The van der Waals surface area contributed by atoms with Gasteiger partial charge in [0.2, 0.25) is 17.7 Å². The summed E-state index contributed by atoms with van der Waals surface area (Å²) >= 11 is 12.1. The van der Waals surface area contributed by atoms with Crippen LogP contribution < -0.4 is 5.32 Å². The summed E-state index contributed by atoms with van der Waals surface area (Å²) in [6.45, 7) is 3.72. The number of likely N-dealkylation sites (tertiary alicyclic amines) is 1. The van der Waals surface area contributed by atoms with E-state index in [0.717, 1.165) is 50.5 Å². The lowest BCUT2D eigenvalue weighted by Crippen LogP contribution is -2.44. The summed E-state index contributed by atoms with van der Waals surface area (Å²) in [4.78, 5) is 23.7. The van der Waals surface area contributed by atoms with Gasteiger partial charge in [0, 0.05) is 38.2 Å². The molecule has 0 spiro atoms. The van der Waals surface area contributed by atoms with Crippen LogP contribution in [0.2, 0.25) is 10.0 Å². The number of hydrogen-bond donors (Lipinski definition) is 2. The first kappa shape index (κ1) is 25.7. The number of aliphatic carboxylic acids is 1. The molecule has 3 aromatic rings. The quantitative estimate of drug-likeness (QED) is 0.509. The molecule has 1 saturated heterocycles. The van der Waals surface area contributed by atoms with Crippen molar-refractivity contribution < 1.29 is 19.1 Å². The molecule has 2 N–H and O–H groups in total. The Morgan fingerprint density at radius 3 is 2.41 bits per heavy atom. The number of carbonyl (C=O) groups is 2. The molecular formula is C24H26Cl2N4O4. The van der Waals surface area contributed by atoms with Crippen LogP contribution in [0.25, 0.3) is 11.5 Å². The number of rotatable bonds is 6. The molecule has 0 aliphatic carbocycles. The summed E-state index contributed by atoms with van der Waals surface area (Å²) in [5.41, 5.74) is 1.98. The van der Waals surface area contributed by atoms with E-state index >= 15 is 0 Å². The summed E-state index contributed by atoms with van der Waals surface area (Å²) in [7, 11) is 0. The Kier molecular flexibility index (Phi) is 9.44. The lowest BCUT2D eigenvalue weighted by Gasteiger charge is -2.32. The van der Waals surface area contributed by atoms with Crippen LogP contribution in [-0.4, -0.2) is 51.2 Å². The van der Waals surface area contributed by atoms with Crippen LogP contribution in [-0.2, 0) is 22.6 Å². The Balaban J connectivity index is 0.000000751. The Bertz CT molecular complexity index is 1100. The normalized spacial score (nSPS) is 14.2. The van der Waals surface area contributed by atoms with Crippen molar-refractivity contribution in [2.24, 2.45) is 0 Å². The van der Waals surface area contributed by atoms with Crippen molar-refractivity contribution in [3.63, 3.8) is 0 Å². The predicted octanol–water partition coefficient (Wildman–Crippen LogP) is 4.46. The van der Waals surface area contributed by atoms with Gasteiger partial charge in [-0.1, -0.05) is 47.5 Å². The molecule has 0 atom stereocenters. The van der Waals surface area contributed by atoms with Crippen molar-refractivity contribution >= 4 is 35.1 Å². The molecule has 0 bridgehead atoms. The van der Waals surface area contributed by atoms with Crippen molar-refractivity contribution in [1.29, 1.82) is 0 Å². The van der Waals surface area contributed by atoms with E-state index in [1.807, 2.05) is 48.5 Å². The Hall–Kier alpha value is -2.94. The fraction of sp³-hybridized carbons (Fsp3) is 0.333. The minimum Gasteiger partial charge on any atom is -0.481 e. The van der Waals surface area contributed by atoms with Gasteiger partial charge in [0.1, 0.15) is 6.42 Å². The summed E-state index contributed by atoms with van der Waals surface area (Å²) in [6, 6.07) is 15.4. The van der Waals surface area contributed by atoms with Gasteiger partial charge in [-0.2, -0.15) is 0 Å². The molecule has 1 aromatic heterocycles. The van der Waals surface area contributed by atoms with Crippen LogP contribution in [0.4, 0.5) is 0 Å². The van der Waals surface area contributed by atoms with Gasteiger partial charge in [0.15, 0.2) is 0 Å². The first-order chi connectivity index (χ1) is 16.3. The lowest BCUT2D eigenvalue weighted by atomic mass is 10.0. The van der Waals surface area contributed by atoms with Crippen molar-refractivity contribution in [2.75, 3.05) is 13.1 Å². The smallest absolute Gasteiger partial charge is 0.300 e. The summed E-state index contributed by atoms with van der Waals surface area (Å²) in [5.74, 6) is -0.182. The molecule has 1 aliphatic rings. The number of carboxylic acids is 1. The number of aromatic nitrogens is 2. The number of hydrogen-bond acceptors (Lipinski definition) is 6. The minimum atomic E-state index is -0.833. The molecule has 1 aliphatic heterocycles. The molecule has 0 saturated carbocycles. The molecule has 0 unspecified atom stereocenters. The SMILES string of the molecule is CC(=O)O.O=C(Cc1nnc(-c2ccccc2)o1)NC1CCN(Cc2ccc(Cl)c(Cl)c2)CC1. The van der Waals surface area contributed by atoms with E-state index in [1.54, 1.807) is 0 Å². The van der Waals surface area contributed by atoms with Gasteiger partial charge in [0.05, 0.1) is 10.0 Å². The molecule has 10 heteroatoms. The third-order valence-electron chi connectivity index (χ3n) is 5.14. The van der Waals surface area contributed by atoms with E-state index in [9.17, 15) is 4.79 Å². The van der Waals surface area contributed by atoms with Crippen LogP contribution >= 0.6 is 23.2 Å². The molecule has 34 heavy (non-hydrogen) atoms. The van der Waals surface area contributed by atoms with Gasteiger partial charge >= 0.3 is 0 Å². The van der Waals surface area contributed by atoms with E-state index in [0.29, 0.717) is 21.8 Å². The van der Waals surface area contributed by atoms with Gasteiger partial charge in [0.25, 0.3) is 5.97 Å². The third-order valence-corrected chi connectivity index (χ3v) is 5.88. The largest absolute Gasteiger partial charge is 0.481 e. The molecule has 8 nitrogen and oxygen atoms in total. The van der Waals surface area contributed by atoms with Crippen LogP contribution in [0, 0.1) is 0 Å². The third kappa shape index (κ3) is 8.13. The fourth-order valence-electron chi connectivity index (χ4n) is 3.57. The topological polar surface area (TPSA) is 109 Å². The summed E-state index contributed by atoms with van der Waals surface area (Å²) < 4.78 is 5.62. The molecule has 2 aromatic carbocycles. The van der Waals surface area contributed by atoms with Crippen molar-refractivity contribution in [3.05, 3.63) is 70.0 Å². The van der Waals surface area contributed by atoms with E-state index in [1.165, 1.54) is 0 Å². The van der Waals surface area contributed by atoms with Gasteiger partial charge in [-0.3, -0.25) is 14.5 Å². The minimum absolute atomic E-state index is 0.0866. The van der Waals surface area contributed by atoms with E-state index in [4.69, 9.17) is 37.5 Å². The van der Waals surface area contributed by atoms with Gasteiger partial charge < -0.3 is 14.8 Å². The highest BCUT2D eigenvalue weighted by Gasteiger charge is 2.22. The lowest BCUT2D eigenvalue weighted by molar-refractivity contribution is -0.134. The fourth-order valence-corrected chi connectivity index (χ4v) is 3.89. The number of benzene rings is 2. The molecule has 1 amide bonds. The second-order valence-electron chi connectivity index (χ2n) is 7.93. The number of carboxylic acid groups (broad SMARTS) is 1. The Morgan fingerprint density at radius 2 is 1.76 bits per heavy atom. The highest BCUT2D eigenvalue weighted by molar-refractivity contribution is 6.42. The van der Waals surface area contributed by atoms with Crippen LogP contribution in [0.3, 0.4) is 0 Å². The van der Waals surface area contributed by atoms with E-state index in [-0.39, 0.29) is 18.4 Å². The molecule has 0 radical (unpaired) electrons. The first-order valence-electron chi connectivity index (χ1n) is 10.8. The van der Waals surface area contributed by atoms with E-state index < -0.39 is 5.97 Å². The predicted molar refractivity (Wildman–Crippen MR) is 130 cm³/mol. The monoisotopic (exact) mass is 504 g/mol. The van der Waals surface area contributed by atoms with E-state index in [2.05, 4.69) is 20.4 Å². The van der Waals surface area contributed by atoms with Gasteiger partial charge in [-0.15, -0.1) is 10.2 Å². The van der Waals surface area contributed by atoms with Crippen LogP contribution in [0.1, 0.15) is 31.2 Å². The first-order valence-corrected chi connectivity index (χ1v) is 11.6. The molecule has 2 heterocycles. The van der Waals surface area contributed by atoms with Crippen molar-refractivity contribution in [1.82, 2.24) is 20.4 Å². The molecule has 1 fully saturated rings. The zero-order valence-corrected chi connectivity index (χ0v) is 20.2. The number of nitrogens with zero attached hydrogens (tertiary/aromatic N) is 3. The summed E-state index contributed by atoms with van der Waals surface area (Å²) in [5, 5.41) is 19.7. The number of amides is 1. The Morgan fingerprint density at radius 1 is 1.09 bits per heavy atom. The summed E-state index contributed by atoms with van der Waals surface area (Å²) in [6.07, 6.45) is 1.88. The Labute approximate surface area is 207 Å². The van der Waals surface area contributed by atoms with Crippen molar-refractivity contribution in [3.8, 4) is 11.5 Å². The second kappa shape index (κ2) is 12.5. The van der Waals surface area contributed by atoms with Gasteiger partial charge in [-0.05, 0) is 42.7 Å². The second-order valence-corrected chi connectivity index (χ2v) is 8.74. The standard InChI is InChI=1S/C22H22Cl2N4O2.C2H4O2/c23-18-7-6-15(12-19(18)24)14-28-10-8-17(9-11-28)25-20(29)13-21-26-27-22(30-21)16-4-2-1-3-5-16;1-2(3)4/h1-7,12,17H,8-11,13-14H2,(H,25,29);1H3,(H,3,4). The number of piperidine rings is 1. The van der Waals surface area contributed by atoms with Crippen LogP contribution in [0.15, 0.2) is 52.9 Å². The number of halogens is 2. The highest BCUT2D eigenvalue weighted by atomic mass is 35.5. The van der Waals surface area contributed by atoms with Gasteiger partial charge in [-0.25, -0.2) is 0 Å². The molecular weight excluding hydrogens is 479 g/mol. The number of carbonyl (C=O) groups excluding carboxylic acids is 1. The average molecular weight is 505 g/mol. The number of nitrogens with one attached hydrogen (secondary N) is 1. The maximum Gasteiger partial charge on any atom is 0.300 e. The highest BCUT2D eigenvalue weighted by Crippen LogP contribution is 2.24. The van der Waals surface area contributed by atoms with Crippen LogP contribution in [0.5, 0.6) is 0 Å². The maximum absolute atomic E-state index is 12.4. The molecule has 4 rings (SSSR count). The zero-order valence-electron chi connectivity index (χ0n) is 18.7. The maximum atomic E-state index is 12.4. The van der Waals surface area contributed by atoms with Crippen molar-refractivity contribution in [2.45, 2.75) is 38.8 Å². The average Bonchev–Trinajstić information content (AvgIpc) is 3.26. The molecule has 180 valence electrons. The zero-order chi connectivity index (χ0) is 24.5.